The number of halogens is 3. The van der Waals surface area contributed by atoms with Gasteiger partial charge in [0.15, 0.2) is 0 Å². The zero-order valence-corrected chi connectivity index (χ0v) is 6.94. The van der Waals surface area contributed by atoms with Crippen LogP contribution in [-0.4, -0.2) is 18.8 Å². The molecule has 4 N–H and O–H groups in total. The van der Waals surface area contributed by atoms with E-state index < -0.39 is 11.7 Å². The Labute approximate surface area is 74.4 Å². The fourth-order valence-corrected chi connectivity index (χ4v) is 0.821. The summed E-state index contributed by atoms with van der Waals surface area (Å²) >= 11 is 0. The molecule has 13 heavy (non-hydrogen) atoms. The van der Waals surface area contributed by atoms with Crippen LogP contribution >= 0.6 is 0 Å². The summed E-state index contributed by atoms with van der Waals surface area (Å²) in [6.07, 6.45) is -4.22. The van der Waals surface area contributed by atoms with Gasteiger partial charge in [-0.2, -0.15) is 13.2 Å². The molecule has 0 radical (unpaired) electrons. The molecule has 74 valence electrons. The van der Waals surface area contributed by atoms with Crippen molar-refractivity contribution in [1.29, 1.82) is 0 Å². The van der Waals surface area contributed by atoms with Gasteiger partial charge in [0.25, 0.3) is 0 Å². The molecule has 1 rings (SSSR count). The van der Waals surface area contributed by atoms with E-state index in [0.717, 1.165) is 12.1 Å². The SMILES string of the molecule is Bc1cccc(C(F)(F)F)c1.O.O. The summed E-state index contributed by atoms with van der Waals surface area (Å²) in [6, 6.07) is 5.22. The van der Waals surface area contributed by atoms with E-state index in [0.29, 0.717) is 5.46 Å². The lowest BCUT2D eigenvalue weighted by molar-refractivity contribution is -0.137. The Morgan fingerprint density at radius 1 is 1.08 bits per heavy atom. The molecule has 0 aliphatic carbocycles. The van der Waals surface area contributed by atoms with Crippen molar-refractivity contribution >= 4 is 13.3 Å². The van der Waals surface area contributed by atoms with Gasteiger partial charge in [-0.3, -0.25) is 0 Å². The monoisotopic (exact) mass is 194 g/mol. The van der Waals surface area contributed by atoms with Crippen molar-refractivity contribution in [3.63, 3.8) is 0 Å². The van der Waals surface area contributed by atoms with E-state index in [1.165, 1.54) is 6.07 Å². The Morgan fingerprint density at radius 3 is 1.92 bits per heavy atom. The van der Waals surface area contributed by atoms with Crippen molar-refractivity contribution < 1.29 is 24.1 Å². The average molecular weight is 194 g/mol. The largest absolute Gasteiger partial charge is 0.416 e. The Bertz CT molecular complexity index is 262. The molecule has 0 aliphatic rings. The first-order valence-corrected chi connectivity index (χ1v) is 3.14. The van der Waals surface area contributed by atoms with Crippen molar-refractivity contribution in [3.05, 3.63) is 29.8 Å². The van der Waals surface area contributed by atoms with Crippen molar-refractivity contribution in [2.45, 2.75) is 6.18 Å². The van der Waals surface area contributed by atoms with E-state index in [9.17, 15) is 13.2 Å². The molecule has 6 heteroatoms. The molecule has 0 amide bonds. The van der Waals surface area contributed by atoms with E-state index in [1.54, 1.807) is 13.9 Å². The lowest BCUT2D eigenvalue weighted by Crippen LogP contribution is -2.10. The Kier molecular flexibility index (Phi) is 5.45. The molecule has 1 aromatic carbocycles. The topological polar surface area (TPSA) is 63.0 Å². The zero-order chi connectivity index (χ0) is 8.48. The van der Waals surface area contributed by atoms with Crippen LogP contribution in [0.1, 0.15) is 5.56 Å². The first-order valence-electron chi connectivity index (χ1n) is 3.14. The molecule has 0 aromatic heterocycles. The highest BCUT2D eigenvalue weighted by molar-refractivity contribution is 6.32. The van der Waals surface area contributed by atoms with Gasteiger partial charge in [-0.1, -0.05) is 29.7 Å². The van der Waals surface area contributed by atoms with Crippen molar-refractivity contribution in [3.8, 4) is 0 Å². The number of rotatable bonds is 0. The third kappa shape index (κ3) is 3.96. The molecule has 0 bridgehead atoms. The predicted molar refractivity (Wildman–Crippen MR) is 46.8 cm³/mol. The summed E-state index contributed by atoms with van der Waals surface area (Å²) in [6.45, 7) is 0. The van der Waals surface area contributed by atoms with E-state index >= 15 is 0 Å². The summed E-state index contributed by atoms with van der Waals surface area (Å²) in [7, 11) is 1.63. The minimum Gasteiger partial charge on any atom is -0.412 e. The van der Waals surface area contributed by atoms with Crippen molar-refractivity contribution in [1.82, 2.24) is 0 Å². The maximum absolute atomic E-state index is 12.0. The molecule has 0 fully saturated rings. The zero-order valence-electron chi connectivity index (χ0n) is 6.94. The molecular weight excluding hydrogens is 184 g/mol. The van der Waals surface area contributed by atoms with E-state index in [1.807, 2.05) is 0 Å². The molecule has 0 unspecified atom stereocenters. The molecule has 0 aliphatic heterocycles. The second-order valence-electron chi connectivity index (χ2n) is 2.37. The fourth-order valence-electron chi connectivity index (χ4n) is 0.821. The van der Waals surface area contributed by atoms with E-state index in [2.05, 4.69) is 0 Å². The summed E-state index contributed by atoms with van der Waals surface area (Å²) in [5, 5.41) is 0. The first kappa shape index (κ1) is 14.5. The van der Waals surface area contributed by atoms with Crippen LogP contribution in [0.15, 0.2) is 24.3 Å². The lowest BCUT2D eigenvalue weighted by Gasteiger charge is -2.05. The highest BCUT2D eigenvalue weighted by Crippen LogP contribution is 2.27. The first-order chi connectivity index (χ1) is 5.00. The van der Waals surface area contributed by atoms with Gasteiger partial charge in [0.1, 0.15) is 7.85 Å². The van der Waals surface area contributed by atoms with Gasteiger partial charge in [-0.05, 0) is 0 Å². The summed E-state index contributed by atoms with van der Waals surface area (Å²) in [4.78, 5) is 0. The van der Waals surface area contributed by atoms with E-state index in [4.69, 9.17) is 0 Å². The average Bonchev–Trinajstić information content (AvgIpc) is 1.86. The van der Waals surface area contributed by atoms with Crippen LogP contribution in [0.4, 0.5) is 13.2 Å². The molecule has 0 atom stereocenters. The third-order valence-electron chi connectivity index (χ3n) is 1.35. The summed E-state index contributed by atoms with van der Waals surface area (Å²) < 4.78 is 35.9. The molecule has 1 aromatic rings. The van der Waals surface area contributed by atoms with Gasteiger partial charge >= 0.3 is 6.18 Å². The second kappa shape index (κ2) is 4.88. The minimum absolute atomic E-state index is 0. The fraction of sp³-hybridized carbons (Fsp3) is 0.143. The number of benzene rings is 1. The Hall–Kier alpha value is -1.01. The number of alkyl halides is 3. The van der Waals surface area contributed by atoms with Crippen LogP contribution in [0.25, 0.3) is 0 Å². The molecule has 0 saturated heterocycles. The van der Waals surface area contributed by atoms with Crippen LogP contribution in [-0.2, 0) is 6.18 Å². The van der Waals surface area contributed by atoms with Gasteiger partial charge in [-0.15, -0.1) is 0 Å². The third-order valence-corrected chi connectivity index (χ3v) is 1.35. The van der Waals surface area contributed by atoms with Gasteiger partial charge in [-0.25, -0.2) is 0 Å². The van der Waals surface area contributed by atoms with Crippen LogP contribution in [0.3, 0.4) is 0 Å². The van der Waals surface area contributed by atoms with Gasteiger partial charge < -0.3 is 11.0 Å². The molecule has 0 saturated carbocycles. The van der Waals surface area contributed by atoms with Crippen molar-refractivity contribution in [2.24, 2.45) is 0 Å². The smallest absolute Gasteiger partial charge is 0.412 e. The number of hydrogen-bond donors (Lipinski definition) is 0. The Morgan fingerprint density at radius 2 is 1.62 bits per heavy atom. The van der Waals surface area contributed by atoms with Gasteiger partial charge in [0.2, 0.25) is 0 Å². The maximum atomic E-state index is 12.0. The molecule has 0 spiro atoms. The number of hydrogen-bond acceptors (Lipinski definition) is 0. The molecule has 2 nitrogen and oxygen atoms in total. The van der Waals surface area contributed by atoms with E-state index in [-0.39, 0.29) is 11.0 Å². The predicted octanol–water partition coefficient (Wildman–Crippen LogP) is -0.686. The highest BCUT2D eigenvalue weighted by Gasteiger charge is 2.29. The standard InChI is InChI=1S/C7H6BF3.2H2O/c8-6-3-1-2-5(4-6)7(9,10)11;;/h1-4H,8H2;2*1H2. The van der Waals surface area contributed by atoms with Crippen molar-refractivity contribution in [2.75, 3.05) is 0 Å². The summed E-state index contributed by atoms with van der Waals surface area (Å²) in [5.74, 6) is 0. The van der Waals surface area contributed by atoms with Crippen LogP contribution in [0, 0.1) is 0 Å². The maximum Gasteiger partial charge on any atom is 0.416 e. The molecular formula is C7H10BF3O2. The lowest BCUT2D eigenvalue weighted by atomic mass is 9.94. The van der Waals surface area contributed by atoms with Gasteiger partial charge in [0.05, 0.1) is 5.56 Å². The van der Waals surface area contributed by atoms with Gasteiger partial charge in [0, 0.05) is 0 Å². The molecule has 0 heterocycles. The Balaban J connectivity index is 0. The summed E-state index contributed by atoms with van der Waals surface area (Å²) in [5.41, 5.74) is 0.0392. The normalized spacial score (nSPS) is 9.77. The van der Waals surface area contributed by atoms with Crippen LogP contribution in [0.5, 0.6) is 0 Å². The quantitative estimate of drug-likeness (QED) is 0.491. The van der Waals surface area contributed by atoms with Crippen LogP contribution in [0.2, 0.25) is 0 Å². The van der Waals surface area contributed by atoms with Crippen LogP contribution < -0.4 is 5.46 Å². The second-order valence-corrected chi connectivity index (χ2v) is 2.37. The highest BCUT2D eigenvalue weighted by atomic mass is 19.4. The minimum atomic E-state index is -4.22.